The van der Waals surface area contributed by atoms with Gasteiger partial charge in [0, 0.05) is 22.5 Å². The van der Waals surface area contributed by atoms with Gasteiger partial charge in [0.15, 0.2) is 0 Å². The summed E-state index contributed by atoms with van der Waals surface area (Å²) in [5.74, 6) is 0. The van der Waals surface area contributed by atoms with Gasteiger partial charge in [-0.1, -0.05) is 43.6 Å². The Labute approximate surface area is 125 Å². The van der Waals surface area contributed by atoms with Gasteiger partial charge in [-0.3, -0.25) is 0 Å². The minimum absolute atomic E-state index is 0.377. The maximum absolute atomic E-state index is 5.77. The van der Waals surface area contributed by atoms with Crippen LogP contribution in [0.3, 0.4) is 0 Å². The number of nitrogens with one attached hydrogen (secondary N) is 1. The van der Waals surface area contributed by atoms with Crippen molar-refractivity contribution in [1.29, 1.82) is 0 Å². The second kappa shape index (κ2) is 6.62. The maximum Gasteiger partial charge on any atom is 0.106 e. The summed E-state index contributed by atoms with van der Waals surface area (Å²) in [7, 11) is 0. The van der Waals surface area contributed by atoms with E-state index in [1.165, 1.54) is 32.1 Å². The molecule has 4 heteroatoms. The summed E-state index contributed by atoms with van der Waals surface area (Å²) >= 11 is 7.11. The van der Waals surface area contributed by atoms with Gasteiger partial charge in [-0.15, -0.1) is 0 Å². The molecule has 0 saturated heterocycles. The second-order valence-corrected chi connectivity index (χ2v) is 6.93. The number of hydrogen-bond acceptors (Lipinski definition) is 3. The zero-order valence-electron chi connectivity index (χ0n) is 11.4. The van der Waals surface area contributed by atoms with Crippen LogP contribution in [0, 0.1) is 0 Å². The lowest BCUT2D eigenvalue weighted by Crippen LogP contribution is -2.35. The third-order valence-electron chi connectivity index (χ3n) is 3.99. The van der Waals surface area contributed by atoms with Crippen molar-refractivity contribution in [1.82, 2.24) is 0 Å². The lowest BCUT2D eigenvalue weighted by atomic mass is 9.88. The van der Waals surface area contributed by atoms with E-state index >= 15 is 0 Å². The Balaban J connectivity index is 2.07. The van der Waals surface area contributed by atoms with Crippen LogP contribution in [0.1, 0.15) is 37.7 Å². The normalized spacial score (nSPS) is 17.9. The van der Waals surface area contributed by atoms with E-state index in [1.807, 2.05) is 30.0 Å². The van der Waals surface area contributed by atoms with Crippen LogP contribution in [0.15, 0.2) is 24.3 Å². The molecule has 1 aliphatic rings. The van der Waals surface area contributed by atoms with Crippen LogP contribution >= 0.6 is 24.0 Å². The maximum atomic E-state index is 5.77. The highest BCUT2D eigenvalue weighted by Crippen LogP contribution is 2.38. The zero-order valence-corrected chi connectivity index (χ0v) is 13.1. The molecule has 0 bridgehead atoms. The number of thioether (sulfide) groups is 1. The number of benzene rings is 1. The van der Waals surface area contributed by atoms with Crippen LogP contribution in [-0.4, -0.2) is 22.5 Å². The van der Waals surface area contributed by atoms with Gasteiger partial charge in [-0.2, -0.15) is 11.8 Å². The zero-order chi connectivity index (χ0) is 13.7. The third kappa shape index (κ3) is 3.63. The molecule has 1 saturated carbocycles. The first-order chi connectivity index (χ1) is 9.17. The first kappa shape index (κ1) is 14.7. The van der Waals surface area contributed by atoms with Gasteiger partial charge >= 0.3 is 0 Å². The topological polar surface area (TPSA) is 38.0 Å². The van der Waals surface area contributed by atoms with Crippen molar-refractivity contribution >= 4 is 34.7 Å². The molecule has 2 nitrogen and oxygen atoms in total. The lowest BCUT2D eigenvalue weighted by molar-refractivity contribution is 0.411. The first-order valence-corrected chi connectivity index (χ1v) is 8.48. The van der Waals surface area contributed by atoms with Gasteiger partial charge in [-0.25, -0.2) is 0 Å². The van der Waals surface area contributed by atoms with Crippen LogP contribution in [-0.2, 0) is 0 Å². The van der Waals surface area contributed by atoms with E-state index in [2.05, 4.69) is 17.6 Å². The molecule has 0 unspecified atom stereocenters. The number of rotatable bonds is 5. The summed E-state index contributed by atoms with van der Waals surface area (Å²) in [4.78, 5) is 0.463. The van der Waals surface area contributed by atoms with Crippen LogP contribution < -0.4 is 11.1 Å². The van der Waals surface area contributed by atoms with E-state index in [0.29, 0.717) is 9.74 Å². The summed E-state index contributed by atoms with van der Waals surface area (Å²) < 4.78 is 0.377. The van der Waals surface area contributed by atoms with Crippen molar-refractivity contribution in [3.05, 3.63) is 29.8 Å². The molecule has 0 radical (unpaired) electrons. The fourth-order valence-electron chi connectivity index (χ4n) is 2.76. The Bertz CT molecular complexity index is 440. The summed E-state index contributed by atoms with van der Waals surface area (Å²) in [6.45, 7) is 0.994. The van der Waals surface area contributed by atoms with Crippen molar-refractivity contribution in [2.24, 2.45) is 5.73 Å². The summed E-state index contributed by atoms with van der Waals surface area (Å²) in [6.07, 6.45) is 8.91. The van der Waals surface area contributed by atoms with Crippen molar-refractivity contribution in [2.75, 3.05) is 18.1 Å². The van der Waals surface area contributed by atoms with Gasteiger partial charge in [0.25, 0.3) is 0 Å². The molecule has 0 spiro atoms. The van der Waals surface area contributed by atoms with Gasteiger partial charge < -0.3 is 11.1 Å². The van der Waals surface area contributed by atoms with E-state index < -0.39 is 0 Å². The molecule has 0 aliphatic heterocycles. The van der Waals surface area contributed by atoms with Crippen molar-refractivity contribution in [3.63, 3.8) is 0 Å². The third-order valence-corrected chi connectivity index (χ3v) is 5.63. The lowest BCUT2D eigenvalue weighted by Gasteiger charge is -2.36. The molecule has 0 aromatic heterocycles. The highest BCUT2D eigenvalue weighted by Gasteiger charge is 2.30. The largest absolute Gasteiger partial charge is 0.389 e. The van der Waals surface area contributed by atoms with E-state index in [4.69, 9.17) is 18.0 Å². The number of thiocarbonyl (C=S) groups is 1. The first-order valence-electron chi connectivity index (χ1n) is 6.85. The molecule has 19 heavy (non-hydrogen) atoms. The predicted molar refractivity (Wildman–Crippen MR) is 90.2 cm³/mol. The molecule has 0 amide bonds. The molecule has 0 atom stereocenters. The molecule has 3 N–H and O–H groups in total. The number of hydrogen-bond donors (Lipinski definition) is 2. The van der Waals surface area contributed by atoms with Gasteiger partial charge in [-0.05, 0) is 31.2 Å². The Morgan fingerprint density at radius 1 is 1.32 bits per heavy atom. The summed E-state index contributed by atoms with van der Waals surface area (Å²) in [5, 5.41) is 3.57. The average molecular weight is 294 g/mol. The van der Waals surface area contributed by atoms with E-state index in [0.717, 1.165) is 17.8 Å². The molecular formula is C15H22N2S2. The molecule has 1 aromatic rings. The standard InChI is InChI=1S/C15H22N2S2/c1-19-15(9-5-2-6-10-15)11-17-13-8-4-3-7-12(13)14(16)18/h3-4,7-8,17H,2,5-6,9-11H2,1H3,(H2,16,18). The summed E-state index contributed by atoms with van der Waals surface area (Å²) in [6, 6.07) is 8.05. The highest BCUT2D eigenvalue weighted by molar-refractivity contribution is 8.00. The molecular weight excluding hydrogens is 272 g/mol. The average Bonchev–Trinajstić information content (AvgIpc) is 2.46. The minimum Gasteiger partial charge on any atom is -0.389 e. The minimum atomic E-state index is 0.377. The van der Waals surface area contributed by atoms with Gasteiger partial charge in [0.1, 0.15) is 4.99 Å². The number of nitrogens with two attached hydrogens (primary N) is 1. The molecule has 1 aromatic carbocycles. The van der Waals surface area contributed by atoms with E-state index in [1.54, 1.807) is 0 Å². The predicted octanol–water partition coefficient (Wildman–Crippen LogP) is 3.80. The molecule has 2 rings (SSSR count). The van der Waals surface area contributed by atoms with Crippen LogP contribution in [0.5, 0.6) is 0 Å². The van der Waals surface area contributed by atoms with Crippen molar-refractivity contribution < 1.29 is 0 Å². The van der Waals surface area contributed by atoms with E-state index in [-0.39, 0.29) is 0 Å². The number of anilines is 1. The SMILES string of the molecule is CSC1(CNc2ccccc2C(N)=S)CCCCC1. The van der Waals surface area contributed by atoms with Crippen LogP contribution in [0.2, 0.25) is 0 Å². The van der Waals surface area contributed by atoms with Crippen molar-refractivity contribution in [2.45, 2.75) is 36.9 Å². The Morgan fingerprint density at radius 3 is 2.63 bits per heavy atom. The molecule has 0 heterocycles. The quantitative estimate of drug-likeness (QED) is 0.810. The smallest absolute Gasteiger partial charge is 0.106 e. The Kier molecular flexibility index (Phi) is 5.11. The van der Waals surface area contributed by atoms with Crippen LogP contribution in [0.25, 0.3) is 0 Å². The highest BCUT2D eigenvalue weighted by atomic mass is 32.2. The molecule has 104 valence electrons. The Morgan fingerprint density at radius 2 is 2.00 bits per heavy atom. The fraction of sp³-hybridized carbons (Fsp3) is 0.533. The van der Waals surface area contributed by atoms with Gasteiger partial charge in [0.05, 0.1) is 0 Å². The fourth-order valence-corrected chi connectivity index (χ4v) is 3.85. The van der Waals surface area contributed by atoms with Crippen molar-refractivity contribution in [3.8, 4) is 0 Å². The summed E-state index contributed by atoms with van der Waals surface area (Å²) in [5.41, 5.74) is 7.79. The van der Waals surface area contributed by atoms with Crippen LogP contribution in [0.4, 0.5) is 5.69 Å². The second-order valence-electron chi connectivity index (χ2n) is 5.21. The molecule has 1 fully saturated rings. The number of para-hydroxylation sites is 1. The molecule has 1 aliphatic carbocycles. The van der Waals surface area contributed by atoms with Gasteiger partial charge in [0.2, 0.25) is 0 Å². The monoisotopic (exact) mass is 294 g/mol. The Hall–Kier alpha value is -0.740. The van der Waals surface area contributed by atoms with E-state index in [9.17, 15) is 0 Å².